The molecule has 0 aliphatic carbocycles. The minimum Gasteiger partial charge on any atom is -0.426 e. The van der Waals surface area contributed by atoms with E-state index in [4.69, 9.17) is 9.15 Å². The molecule has 2 aromatic carbocycles. The highest BCUT2D eigenvalue weighted by Crippen LogP contribution is 2.23. The molecule has 0 radical (unpaired) electrons. The van der Waals surface area contributed by atoms with Crippen molar-refractivity contribution in [2.24, 2.45) is 0 Å². The number of hydrogen-bond acceptors (Lipinski definition) is 7. The fourth-order valence-electron chi connectivity index (χ4n) is 3.99. The summed E-state index contributed by atoms with van der Waals surface area (Å²) in [6, 6.07) is 12.7. The number of hydrogen-bond donors (Lipinski definition) is 1. The van der Waals surface area contributed by atoms with Crippen LogP contribution in [-0.2, 0) is 4.79 Å². The van der Waals surface area contributed by atoms with Crippen LogP contribution in [0.25, 0.3) is 11.0 Å². The molecule has 1 N–H and O–H groups in total. The lowest BCUT2D eigenvalue weighted by Gasteiger charge is -2.13. The Hall–Kier alpha value is -4.27. The number of rotatable bonds is 9. The van der Waals surface area contributed by atoms with E-state index in [0.29, 0.717) is 42.3 Å². The number of ether oxygens (including phenoxy) is 1. The minimum absolute atomic E-state index is 0.0952. The summed E-state index contributed by atoms with van der Waals surface area (Å²) in [4.78, 5) is 62.6. The monoisotopic (exact) mass is 490 g/mol. The highest BCUT2D eigenvalue weighted by molar-refractivity contribution is 6.21. The summed E-state index contributed by atoms with van der Waals surface area (Å²) in [5.41, 5.74) is 0.177. The molecule has 0 atom stereocenters. The van der Waals surface area contributed by atoms with Crippen molar-refractivity contribution in [3.8, 4) is 5.75 Å². The number of esters is 1. The smallest absolute Gasteiger partial charge is 0.349 e. The molecule has 0 saturated carbocycles. The van der Waals surface area contributed by atoms with Gasteiger partial charge in [0.05, 0.1) is 11.1 Å². The van der Waals surface area contributed by atoms with Gasteiger partial charge in [-0.1, -0.05) is 18.6 Å². The number of imide groups is 1. The average molecular weight is 491 g/mol. The van der Waals surface area contributed by atoms with Crippen LogP contribution < -0.4 is 15.7 Å². The normalized spacial score (nSPS) is 12.8. The first-order chi connectivity index (χ1) is 17.2. The molecule has 9 nitrogen and oxygen atoms in total. The molecule has 1 aliphatic heterocycles. The van der Waals surface area contributed by atoms with Gasteiger partial charge in [0.2, 0.25) is 0 Å². The molecular formula is C27H26N2O7. The van der Waals surface area contributed by atoms with Crippen LogP contribution in [-0.4, -0.2) is 41.2 Å². The molecule has 4 rings (SSSR count). The van der Waals surface area contributed by atoms with Crippen LogP contribution in [0.15, 0.2) is 57.7 Å². The molecular weight excluding hydrogens is 464 g/mol. The van der Waals surface area contributed by atoms with Gasteiger partial charge < -0.3 is 14.5 Å². The van der Waals surface area contributed by atoms with Gasteiger partial charge in [0, 0.05) is 30.5 Å². The summed E-state index contributed by atoms with van der Waals surface area (Å²) >= 11 is 0. The van der Waals surface area contributed by atoms with E-state index in [2.05, 4.69) is 5.32 Å². The van der Waals surface area contributed by atoms with Crippen molar-refractivity contribution in [1.82, 2.24) is 10.2 Å². The second kappa shape index (κ2) is 10.6. The van der Waals surface area contributed by atoms with E-state index in [1.54, 1.807) is 50.2 Å². The van der Waals surface area contributed by atoms with Crippen molar-refractivity contribution in [3.63, 3.8) is 0 Å². The molecule has 186 valence electrons. The molecule has 0 fully saturated rings. The average Bonchev–Trinajstić information content (AvgIpc) is 3.07. The molecule has 0 bridgehead atoms. The van der Waals surface area contributed by atoms with E-state index in [1.165, 1.54) is 17.0 Å². The summed E-state index contributed by atoms with van der Waals surface area (Å²) in [6.45, 7) is 3.87. The maximum absolute atomic E-state index is 12.4. The second-order valence-corrected chi connectivity index (χ2v) is 8.87. The van der Waals surface area contributed by atoms with Crippen LogP contribution in [0.3, 0.4) is 0 Å². The molecule has 1 aliphatic rings. The molecule has 0 saturated heterocycles. The zero-order chi connectivity index (χ0) is 25.8. The zero-order valence-corrected chi connectivity index (χ0v) is 20.0. The van der Waals surface area contributed by atoms with Crippen LogP contribution in [0.4, 0.5) is 0 Å². The largest absolute Gasteiger partial charge is 0.426 e. The van der Waals surface area contributed by atoms with Crippen molar-refractivity contribution in [1.29, 1.82) is 0 Å². The van der Waals surface area contributed by atoms with Gasteiger partial charge in [-0.2, -0.15) is 0 Å². The Labute approximate surface area is 207 Å². The summed E-state index contributed by atoms with van der Waals surface area (Å²) < 4.78 is 10.6. The minimum atomic E-state index is -0.776. The molecule has 9 heteroatoms. The van der Waals surface area contributed by atoms with Crippen molar-refractivity contribution >= 4 is 34.7 Å². The number of benzene rings is 2. The first-order valence-corrected chi connectivity index (χ1v) is 11.8. The molecule has 0 spiro atoms. The Morgan fingerprint density at radius 2 is 1.64 bits per heavy atom. The Kier molecular flexibility index (Phi) is 7.28. The maximum atomic E-state index is 12.4. The van der Waals surface area contributed by atoms with E-state index in [0.717, 1.165) is 0 Å². The number of amides is 3. The lowest BCUT2D eigenvalue weighted by atomic mass is 10.1. The predicted octanol–water partition coefficient (Wildman–Crippen LogP) is 3.69. The van der Waals surface area contributed by atoms with Crippen LogP contribution in [0.2, 0.25) is 0 Å². The Bertz CT molecular complexity index is 1370. The van der Waals surface area contributed by atoms with Gasteiger partial charge in [-0.25, -0.2) is 4.79 Å². The number of nitrogens with one attached hydrogen (secondary N) is 1. The zero-order valence-electron chi connectivity index (χ0n) is 20.0. The van der Waals surface area contributed by atoms with Crippen LogP contribution in [0, 0.1) is 0 Å². The van der Waals surface area contributed by atoms with Gasteiger partial charge >= 0.3 is 11.6 Å². The quantitative estimate of drug-likeness (QED) is 0.160. The van der Waals surface area contributed by atoms with E-state index in [9.17, 15) is 24.0 Å². The SMILES string of the molecule is CC(C)NC(=O)c1cc2ccc(OC(=O)CCCCCN3C(=O)c4ccccc4C3=O)cc2oc1=O. The van der Waals surface area contributed by atoms with Gasteiger partial charge in [-0.05, 0) is 57.0 Å². The fraction of sp³-hybridized carbons (Fsp3) is 0.296. The second-order valence-electron chi connectivity index (χ2n) is 8.87. The summed E-state index contributed by atoms with van der Waals surface area (Å²) in [7, 11) is 0. The fourth-order valence-corrected chi connectivity index (χ4v) is 3.99. The third-order valence-electron chi connectivity index (χ3n) is 5.74. The maximum Gasteiger partial charge on any atom is 0.349 e. The van der Waals surface area contributed by atoms with Gasteiger partial charge in [0.15, 0.2) is 0 Å². The molecule has 2 heterocycles. The summed E-state index contributed by atoms with van der Waals surface area (Å²) in [5.74, 6) is -1.32. The molecule has 1 aromatic heterocycles. The van der Waals surface area contributed by atoms with Crippen LogP contribution >= 0.6 is 0 Å². The van der Waals surface area contributed by atoms with Crippen molar-refractivity contribution in [2.75, 3.05) is 6.54 Å². The summed E-state index contributed by atoms with van der Waals surface area (Å²) in [6.07, 6.45) is 1.89. The van der Waals surface area contributed by atoms with E-state index in [1.807, 2.05) is 0 Å². The lowest BCUT2D eigenvalue weighted by Crippen LogP contribution is -2.33. The molecule has 0 unspecified atom stereocenters. The van der Waals surface area contributed by atoms with Gasteiger partial charge in [-0.15, -0.1) is 0 Å². The third kappa shape index (κ3) is 5.35. The van der Waals surface area contributed by atoms with E-state index in [-0.39, 0.29) is 41.2 Å². The Morgan fingerprint density at radius 1 is 0.944 bits per heavy atom. The first kappa shape index (κ1) is 24.8. The van der Waals surface area contributed by atoms with Crippen molar-refractivity contribution in [3.05, 3.63) is 75.6 Å². The first-order valence-electron chi connectivity index (χ1n) is 11.8. The Morgan fingerprint density at radius 3 is 2.31 bits per heavy atom. The summed E-state index contributed by atoms with van der Waals surface area (Å²) in [5, 5.41) is 3.18. The predicted molar refractivity (Wildman–Crippen MR) is 131 cm³/mol. The number of fused-ring (bicyclic) bond motifs is 2. The van der Waals surface area contributed by atoms with Gasteiger partial charge in [-0.3, -0.25) is 24.1 Å². The van der Waals surface area contributed by atoms with Gasteiger partial charge in [0.1, 0.15) is 16.9 Å². The Balaban J connectivity index is 1.26. The highest BCUT2D eigenvalue weighted by atomic mass is 16.5. The topological polar surface area (TPSA) is 123 Å². The highest BCUT2D eigenvalue weighted by Gasteiger charge is 2.34. The van der Waals surface area contributed by atoms with Crippen LogP contribution in [0.1, 0.15) is 70.6 Å². The molecule has 3 amide bonds. The molecule has 3 aromatic rings. The van der Waals surface area contributed by atoms with E-state index >= 15 is 0 Å². The third-order valence-corrected chi connectivity index (χ3v) is 5.74. The van der Waals surface area contributed by atoms with Gasteiger partial charge in [0.25, 0.3) is 17.7 Å². The van der Waals surface area contributed by atoms with E-state index < -0.39 is 17.5 Å². The number of unbranched alkanes of at least 4 members (excludes halogenated alkanes) is 2. The molecule has 36 heavy (non-hydrogen) atoms. The van der Waals surface area contributed by atoms with Crippen molar-refractivity contribution < 1.29 is 28.3 Å². The van der Waals surface area contributed by atoms with Crippen molar-refractivity contribution in [2.45, 2.75) is 45.6 Å². The standard InChI is InChI=1S/C27H26N2O7/c1-16(2)28-24(31)21-14-17-11-12-18(15-22(17)36-27(21)34)35-23(30)10-4-3-7-13-29-25(32)19-8-5-6-9-20(19)26(29)33/h5-6,8-9,11-12,14-16H,3-4,7,10,13H2,1-2H3,(H,28,31). The number of carbonyl (C=O) groups is 4. The van der Waals surface area contributed by atoms with Crippen LogP contribution in [0.5, 0.6) is 5.75 Å². The number of nitrogens with zero attached hydrogens (tertiary/aromatic N) is 1. The number of carbonyl (C=O) groups excluding carboxylic acids is 4. The lowest BCUT2D eigenvalue weighted by molar-refractivity contribution is -0.134.